The Labute approximate surface area is 105 Å². The van der Waals surface area contributed by atoms with Crippen LogP contribution in [0.4, 0.5) is 4.39 Å². The van der Waals surface area contributed by atoms with Gasteiger partial charge in [-0.2, -0.15) is 0 Å². The number of nitrogens with two attached hydrogens (primary N) is 1. The zero-order valence-electron chi connectivity index (χ0n) is 10.1. The Balaban J connectivity index is 2.65. The molecule has 0 fully saturated rings. The fraction of sp³-hybridized carbons (Fsp3) is 0.538. The fourth-order valence-corrected chi connectivity index (χ4v) is 1.95. The molecule has 3 heteroatoms. The van der Waals surface area contributed by atoms with Crippen molar-refractivity contribution in [3.63, 3.8) is 0 Å². The van der Waals surface area contributed by atoms with Gasteiger partial charge in [0.1, 0.15) is 5.82 Å². The summed E-state index contributed by atoms with van der Waals surface area (Å²) in [7, 11) is 0. The fourth-order valence-electron chi connectivity index (χ4n) is 1.49. The first-order valence-electron chi connectivity index (χ1n) is 5.51. The summed E-state index contributed by atoms with van der Waals surface area (Å²) in [5.41, 5.74) is 7.16. The predicted octanol–water partition coefficient (Wildman–Crippen LogP) is 3.89. The van der Waals surface area contributed by atoms with E-state index in [1.807, 2.05) is 6.07 Å². The number of hydrogen-bond donors (Lipinski definition) is 1. The summed E-state index contributed by atoms with van der Waals surface area (Å²) in [5, 5.41) is 0. The van der Waals surface area contributed by atoms with Gasteiger partial charge in [0.25, 0.3) is 0 Å². The molecule has 1 nitrogen and oxygen atoms in total. The van der Waals surface area contributed by atoms with E-state index in [1.54, 1.807) is 6.07 Å². The van der Waals surface area contributed by atoms with E-state index < -0.39 is 0 Å². The van der Waals surface area contributed by atoms with Gasteiger partial charge in [-0.25, -0.2) is 4.39 Å². The van der Waals surface area contributed by atoms with E-state index >= 15 is 0 Å². The SMILES string of the molecule is CC(C)(C)C(N)CCc1cccc(F)c1Br. The molecule has 1 atom stereocenters. The number of rotatable bonds is 3. The molecule has 1 aromatic carbocycles. The average Bonchev–Trinajstić information content (AvgIpc) is 2.18. The summed E-state index contributed by atoms with van der Waals surface area (Å²) >= 11 is 3.26. The molecule has 2 N–H and O–H groups in total. The lowest BCUT2D eigenvalue weighted by molar-refractivity contribution is 0.306. The van der Waals surface area contributed by atoms with Gasteiger partial charge in [-0.1, -0.05) is 32.9 Å². The van der Waals surface area contributed by atoms with Gasteiger partial charge in [-0.3, -0.25) is 0 Å². The van der Waals surface area contributed by atoms with Gasteiger partial charge >= 0.3 is 0 Å². The summed E-state index contributed by atoms with van der Waals surface area (Å²) in [4.78, 5) is 0. The van der Waals surface area contributed by atoms with Crippen molar-refractivity contribution < 1.29 is 4.39 Å². The first-order valence-corrected chi connectivity index (χ1v) is 6.30. The molecule has 1 rings (SSSR count). The zero-order chi connectivity index (χ0) is 12.3. The van der Waals surface area contributed by atoms with E-state index in [4.69, 9.17) is 5.73 Å². The third kappa shape index (κ3) is 3.56. The highest BCUT2D eigenvalue weighted by Crippen LogP contribution is 2.25. The lowest BCUT2D eigenvalue weighted by Gasteiger charge is -2.27. The quantitative estimate of drug-likeness (QED) is 0.897. The maximum absolute atomic E-state index is 13.3. The van der Waals surface area contributed by atoms with Gasteiger partial charge < -0.3 is 5.73 Å². The Kier molecular flexibility index (Phi) is 4.51. The maximum Gasteiger partial charge on any atom is 0.137 e. The van der Waals surface area contributed by atoms with Crippen molar-refractivity contribution in [3.8, 4) is 0 Å². The summed E-state index contributed by atoms with van der Waals surface area (Å²) < 4.78 is 13.8. The molecule has 0 radical (unpaired) electrons. The summed E-state index contributed by atoms with van der Waals surface area (Å²) in [6, 6.07) is 5.25. The molecule has 90 valence electrons. The Morgan fingerprint density at radius 2 is 2.00 bits per heavy atom. The molecular formula is C13H19BrFN. The molecular weight excluding hydrogens is 269 g/mol. The van der Waals surface area contributed by atoms with E-state index in [9.17, 15) is 4.39 Å². The smallest absolute Gasteiger partial charge is 0.137 e. The van der Waals surface area contributed by atoms with Crippen LogP contribution in [0, 0.1) is 11.2 Å². The van der Waals surface area contributed by atoms with E-state index in [2.05, 4.69) is 36.7 Å². The topological polar surface area (TPSA) is 26.0 Å². The van der Waals surface area contributed by atoms with Crippen LogP contribution in [0.1, 0.15) is 32.8 Å². The van der Waals surface area contributed by atoms with Gasteiger partial charge in [-0.05, 0) is 45.8 Å². The van der Waals surface area contributed by atoms with Crippen LogP contribution in [0.25, 0.3) is 0 Å². The molecule has 0 aliphatic heterocycles. The predicted molar refractivity (Wildman–Crippen MR) is 69.9 cm³/mol. The monoisotopic (exact) mass is 287 g/mol. The molecule has 0 spiro atoms. The third-order valence-corrected chi connectivity index (χ3v) is 3.76. The van der Waals surface area contributed by atoms with Crippen LogP contribution in [0.5, 0.6) is 0 Å². The number of halogens is 2. The van der Waals surface area contributed by atoms with E-state index in [0.29, 0.717) is 4.47 Å². The van der Waals surface area contributed by atoms with E-state index in [0.717, 1.165) is 18.4 Å². The minimum atomic E-state index is -0.207. The molecule has 1 unspecified atom stereocenters. The second kappa shape index (κ2) is 5.28. The highest BCUT2D eigenvalue weighted by atomic mass is 79.9. The molecule has 0 saturated carbocycles. The van der Waals surface area contributed by atoms with Crippen LogP contribution in [0.15, 0.2) is 22.7 Å². The van der Waals surface area contributed by atoms with Crippen LogP contribution < -0.4 is 5.73 Å². The second-order valence-electron chi connectivity index (χ2n) is 5.22. The van der Waals surface area contributed by atoms with Crippen LogP contribution >= 0.6 is 15.9 Å². The Morgan fingerprint density at radius 1 is 1.38 bits per heavy atom. The zero-order valence-corrected chi connectivity index (χ0v) is 11.6. The van der Waals surface area contributed by atoms with Crippen molar-refractivity contribution in [2.75, 3.05) is 0 Å². The van der Waals surface area contributed by atoms with Crippen LogP contribution in [0.3, 0.4) is 0 Å². The Hall–Kier alpha value is -0.410. The largest absolute Gasteiger partial charge is 0.327 e. The molecule has 0 saturated heterocycles. The van der Waals surface area contributed by atoms with Crippen molar-refractivity contribution in [2.24, 2.45) is 11.1 Å². The first-order chi connectivity index (χ1) is 7.32. The van der Waals surface area contributed by atoms with Crippen LogP contribution in [-0.2, 0) is 6.42 Å². The van der Waals surface area contributed by atoms with Gasteiger partial charge in [-0.15, -0.1) is 0 Å². The Bertz CT molecular complexity index is 357. The van der Waals surface area contributed by atoms with Gasteiger partial charge in [0, 0.05) is 6.04 Å². The standard InChI is InChI=1S/C13H19BrFN/c1-13(2,3)11(16)8-7-9-5-4-6-10(15)12(9)14/h4-6,11H,7-8,16H2,1-3H3. The average molecular weight is 288 g/mol. The van der Waals surface area contributed by atoms with Crippen molar-refractivity contribution in [1.29, 1.82) is 0 Å². The van der Waals surface area contributed by atoms with Crippen molar-refractivity contribution >= 4 is 15.9 Å². The molecule has 0 heterocycles. The summed E-state index contributed by atoms with van der Waals surface area (Å²) in [6.07, 6.45) is 1.67. The van der Waals surface area contributed by atoms with Crippen LogP contribution in [0.2, 0.25) is 0 Å². The molecule has 0 bridgehead atoms. The van der Waals surface area contributed by atoms with Crippen molar-refractivity contribution in [3.05, 3.63) is 34.1 Å². The summed E-state index contributed by atoms with van der Waals surface area (Å²) in [6.45, 7) is 6.37. The van der Waals surface area contributed by atoms with Gasteiger partial charge in [0.05, 0.1) is 4.47 Å². The van der Waals surface area contributed by atoms with E-state index in [-0.39, 0.29) is 17.3 Å². The van der Waals surface area contributed by atoms with Gasteiger partial charge in [0.15, 0.2) is 0 Å². The van der Waals surface area contributed by atoms with Crippen LogP contribution in [-0.4, -0.2) is 6.04 Å². The normalized spacial score (nSPS) is 13.9. The Morgan fingerprint density at radius 3 is 2.56 bits per heavy atom. The lowest BCUT2D eigenvalue weighted by Crippen LogP contribution is -2.35. The van der Waals surface area contributed by atoms with E-state index in [1.165, 1.54) is 6.07 Å². The third-order valence-electron chi connectivity index (χ3n) is 2.87. The summed E-state index contributed by atoms with van der Waals surface area (Å²) in [5.74, 6) is -0.207. The number of hydrogen-bond acceptors (Lipinski definition) is 1. The molecule has 16 heavy (non-hydrogen) atoms. The minimum absolute atomic E-state index is 0.0970. The van der Waals surface area contributed by atoms with Crippen molar-refractivity contribution in [1.82, 2.24) is 0 Å². The molecule has 0 aliphatic rings. The number of benzene rings is 1. The maximum atomic E-state index is 13.3. The highest BCUT2D eigenvalue weighted by molar-refractivity contribution is 9.10. The first kappa shape index (κ1) is 13.7. The molecule has 0 amide bonds. The highest BCUT2D eigenvalue weighted by Gasteiger charge is 2.20. The second-order valence-corrected chi connectivity index (χ2v) is 6.02. The minimum Gasteiger partial charge on any atom is -0.327 e. The number of aryl methyl sites for hydroxylation is 1. The van der Waals surface area contributed by atoms with Gasteiger partial charge in [0.2, 0.25) is 0 Å². The molecule has 0 aromatic heterocycles. The molecule has 0 aliphatic carbocycles. The lowest BCUT2D eigenvalue weighted by atomic mass is 9.84. The van der Waals surface area contributed by atoms with Crippen molar-refractivity contribution in [2.45, 2.75) is 39.7 Å². The molecule has 1 aromatic rings.